The minimum Gasteiger partial charge on any atom is -0.481 e. The molecule has 0 fully saturated rings. The quantitative estimate of drug-likeness (QED) is 0.169. The first kappa shape index (κ1) is 28.9. The number of thiol groups is 1. The number of carboxylic acids is 2. The minimum atomic E-state index is -1.33. The first-order valence-corrected chi connectivity index (χ1v) is 11.4. The Morgan fingerprint density at radius 1 is 0.912 bits per heavy atom. The van der Waals surface area contributed by atoms with Gasteiger partial charge in [0.1, 0.15) is 18.1 Å². The van der Waals surface area contributed by atoms with Gasteiger partial charge in [0.2, 0.25) is 17.7 Å². The zero-order valence-corrected chi connectivity index (χ0v) is 20.0. The Kier molecular flexibility index (Phi) is 12.1. The van der Waals surface area contributed by atoms with Crippen LogP contribution in [0.4, 0.5) is 0 Å². The summed E-state index contributed by atoms with van der Waals surface area (Å²) >= 11 is 4.08. The lowest BCUT2D eigenvalue weighted by atomic mass is 10.0. The highest BCUT2D eigenvalue weighted by Gasteiger charge is 2.31. The predicted octanol–water partition coefficient (Wildman–Crippen LogP) is -0.454. The highest BCUT2D eigenvalue weighted by molar-refractivity contribution is 7.80. The fourth-order valence-corrected chi connectivity index (χ4v) is 3.27. The van der Waals surface area contributed by atoms with Crippen molar-refractivity contribution in [2.75, 3.05) is 5.75 Å². The molecule has 1 aromatic carbocycles. The third-order valence-corrected chi connectivity index (χ3v) is 5.33. The molecule has 4 unspecified atom stereocenters. The van der Waals surface area contributed by atoms with Crippen LogP contribution in [-0.2, 0) is 30.4 Å². The summed E-state index contributed by atoms with van der Waals surface area (Å²) in [6.07, 6.45) is -0.487. The highest BCUT2D eigenvalue weighted by atomic mass is 32.1. The summed E-state index contributed by atoms with van der Waals surface area (Å²) in [6.45, 7) is 3.18. The Bertz CT molecular complexity index is 866. The second-order valence-electron chi connectivity index (χ2n) is 8.10. The Balaban J connectivity index is 2.86. The molecule has 188 valence electrons. The first-order valence-electron chi connectivity index (χ1n) is 10.7. The van der Waals surface area contributed by atoms with E-state index in [1.165, 1.54) is 0 Å². The SMILES string of the molecule is CC(C)C(NC(=O)C(CCC(=O)O)NC(=O)C(CS)NC(=O)C(N)Cc1ccccc1)C(=O)O. The van der Waals surface area contributed by atoms with Gasteiger partial charge in [-0.2, -0.15) is 12.6 Å². The van der Waals surface area contributed by atoms with Crippen LogP contribution in [-0.4, -0.2) is 69.8 Å². The molecular weight excluding hydrogens is 464 g/mol. The highest BCUT2D eigenvalue weighted by Crippen LogP contribution is 2.06. The maximum absolute atomic E-state index is 12.7. The lowest BCUT2D eigenvalue weighted by Gasteiger charge is -2.25. The number of nitrogens with two attached hydrogens (primary N) is 1. The Morgan fingerprint density at radius 2 is 1.47 bits per heavy atom. The Labute approximate surface area is 203 Å². The fourth-order valence-electron chi connectivity index (χ4n) is 3.01. The molecule has 0 bridgehead atoms. The first-order chi connectivity index (χ1) is 16.0. The zero-order chi connectivity index (χ0) is 25.8. The number of aliphatic carboxylic acids is 2. The molecule has 0 aromatic heterocycles. The topological polar surface area (TPSA) is 188 Å². The largest absolute Gasteiger partial charge is 0.481 e. The van der Waals surface area contributed by atoms with Gasteiger partial charge in [-0.25, -0.2) is 4.79 Å². The number of benzene rings is 1. The van der Waals surface area contributed by atoms with E-state index in [-0.39, 0.29) is 18.6 Å². The average Bonchev–Trinajstić information content (AvgIpc) is 2.77. The van der Waals surface area contributed by atoms with E-state index in [4.69, 9.17) is 10.8 Å². The number of hydrogen-bond donors (Lipinski definition) is 7. The summed E-state index contributed by atoms with van der Waals surface area (Å²) in [4.78, 5) is 60.3. The molecule has 4 atom stereocenters. The van der Waals surface area contributed by atoms with Crippen molar-refractivity contribution in [3.05, 3.63) is 35.9 Å². The van der Waals surface area contributed by atoms with Crippen molar-refractivity contribution >= 4 is 42.3 Å². The number of rotatable bonds is 14. The van der Waals surface area contributed by atoms with E-state index >= 15 is 0 Å². The van der Waals surface area contributed by atoms with Gasteiger partial charge < -0.3 is 31.9 Å². The standard InChI is InChI=1S/C22H32N4O7S/c1-12(2)18(22(32)33)26-20(30)15(8-9-17(27)28)24-21(31)16(11-34)25-19(29)14(23)10-13-6-4-3-5-7-13/h3-7,12,14-16,18,34H,8-11,23H2,1-2H3,(H,24,31)(H,25,29)(H,26,30)(H,27,28)(H,32,33). The zero-order valence-electron chi connectivity index (χ0n) is 19.1. The van der Waals surface area contributed by atoms with E-state index in [0.717, 1.165) is 5.56 Å². The third kappa shape index (κ3) is 9.79. The minimum absolute atomic E-state index is 0.118. The van der Waals surface area contributed by atoms with Gasteiger partial charge >= 0.3 is 11.9 Å². The van der Waals surface area contributed by atoms with Crippen molar-refractivity contribution in [1.29, 1.82) is 0 Å². The second kappa shape index (κ2) is 14.2. The van der Waals surface area contributed by atoms with Gasteiger partial charge in [0.25, 0.3) is 0 Å². The van der Waals surface area contributed by atoms with Gasteiger partial charge in [-0.3, -0.25) is 19.2 Å². The van der Waals surface area contributed by atoms with Gasteiger partial charge in [-0.15, -0.1) is 0 Å². The number of hydrogen-bond acceptors (Lipinski definition) is 7. The van der Waals surface area contributed by atoms with Gasteiger partial charge in [0.15, 0.2) is 0 Å². The predicted molar refractivity (Wildman–Crippen MR) is 127 cm³/mol. The molecule has 0 aliphatic heterocycles. The number of amides is 3. The lowest BCUT2D eigenvalue weighted by Crippen LogP contribution is -2.58. The molecule has 0 saturated heterocycles. The van der Waals surface area contributed by atoms with Crippen molar-refractivity contribution in [3.63, 3.8) is 0 Å². The van der Waals surface area contributed by atoms with E-state index in [1.807, 2.05) is 18.2 Å². The summed E-state index contributed by atoms with van der Waals surface area (Å²) in [6, 6.07) is 4.40. The van der Waals surface area contributed by atoms with E-state index < -0.39 is 66.2 Å². The van der Waals surface area contributed by atoms with Crippen molar-refractivity contribution in [2.24, 2.45) is 11.7 Å². The van der Waals surface area contributed by atoms with Crippen LogP contribution in [0.1, 0.15) is 32.3 Å². The third-order valence-electron chi connectivity index (χ3n) is 4.96. The molecule has 11 nitrogen and oxygen atoms in total. The average molecular weight is 497 g/mol. The van der Waals surface area contributed by atoms with E-state index in [0.29, 0.717) is 0 Å². The molecule has 1 rings (SSSR count). The number of carbonyl (C=O) groups is 5. The molecule has 0 heterocycles. The van der Waals surface area contributed by atoms with Crippen molar-refractivity contribution in [2.45, 2.75) is 57.3 Å². The summed E-state index contributed by atoms with van der Waals surface area (Å²) < 4.78 is 0. The fraction of sp³-hybridized carbons (Fsp3) is 0.500. The van der Waals surface area contributed by atoms with Crippen LogP contribution in [0.3, 0.4) is 0 Å². The van der Waals surface area contributed by atoms with E-state index in [9.17, 15) is 29.1 Å². The second-order valence-corrected chi connectivity index (χ2v) is 8.47. The normalized spacial score (nSPS) is 14.4. The van der Waals surface area contributed by atoms with Crippen molar-refractivity contribution in [3.8, 4) is 0 Å². The molecule has 1 aromatic rings. The van der Waals surface area contributed by atoms with Gasteiger partial charge in [-0.05, 0) is 24.3 Å². The van der Waals surface area contributed by atoms with Crippen LogP contribution in [0.2, 0.25) is 0 Å². The van der Waals surface area contributed by atoms with Gasteiger partial charge in [0.05, 0.1) is 6.04 Å². The maximum Gasteiger partial charge on any atom is 0.326 e. The van der Waals surface area contributed by atoms with Crippen molar-refractivity contribution in [1.82, 2.24) is 16.0 Å². The maximum atomic E-state index is 12.7. The molecule has 3 amide bonds. The van der Waals surface area contributed by atoms with Crippen LogP contribution >= 0.6 is 12.6 Å². The summed E-state index contributed by atoms with van der Waals surface area (Å²) in [5.41, 5.74) is 6.77. The molecule has 0 radical (unpaired) electrons. The molecule has 34 heavy (non-hydrogen) atoms. The Hall–Kier alpha value is -3.12. The monoisotopic (exact) mass is 496 g/mol. The molecule has 0 aliphatic rings. The molecule has 0 saturated carbocycles. The Morgan fingerprint density at radius 3 is 1.97 bits per heavy atom. The van der Waals surface area contributed by atoms with Crippen LogP contribution in [0.5, 0.6) is 0 Å². The molecule has 7 N–H and O–H groups in total. The van der Waals surface area contributed by atoms with E-state index in [2.05, 4.69) is 28.6 Å². The molecule has 12 heteroatoms. The number of nitrogens with one attached hydrogen (secondary N) is 3. The summed E-state index contributed by atoms with van der Waals surface area (Å²) in [5.74, 6) is -5.26. The smallest absolute Gasteiger partial charge is 0.326 e. The van der Waals surface area contributed by atoms with Crippen LogP contribution in [0, 0.1) is 5.92 Å². The summed E-state index contributed by atoms with van der Waals surface area (Å²) in [7, 11) is 0. The van der Waals surface area contributed by atoms with Crippen LogP contribution < -0.4 is 21.7 Å². The van der Waals surface area contributed by atoms with Gasteiger partial charge in [-0.1, -0.05) is 44.2 Å². The molecular formula is C22H32N4O7S. The number of carbonyl (C=O) groups excluding carboxylic acids is 3. The van der Waals surface area contributed by atoms with Gasteiger partial charge in [0, 0.05) is 12.2 Å². The van der Waals surface area contributed by atoms with Crippen molar-refractivity contribution < 1.29 is 34.2 Å². The molecule has 0 aliphatic carbocycles. The molecule has 0 spiro atoms. The van der Waals surface area contributed by atoms with Crippen LogP contribution in [0.25, 0.3) is 0 Å². The summed E-state index contributed by atoms with van der Waals surface area (Å²) in [5, 5.41) is 25.4. The lowest BCUT2D eigenvalue weighted by molar-refractivity contribution is -0.144. The number of carboxylic acid groups (broad SMARTS) is 2. The van der Waals surface area contributed by atoms with Crippen LogP contribution in [0.15, 0.2) is 30.3 Å². The van der Waals surface area contributed by atoms with E-state index in [1.54, 1.807) is 26.0 Å².